The minimum absolute atomic E-state index is 0.248. The van der Waals surface area contributed by atoms with Gasteiger partial charge in [-0.1, -0.05) is 49.2 Å². The normalized spacial score (nSPS) is 13.9. The minimum Gasteiger partial charge on any atom is -0.478 e. The van der Waals surface area contributed by atoms with Crippen molar-refractivity contribution in [1.29, 1.82) is 0 Å². The van der Waals surface area contributed by atoms with E-state index in [-0.39, 0.29) is 12.5 Å². The topological polar surface area (TPSA) is 122 Å². The van der Waals surface area contributed by atoms with E-state index in [1.54, 1.807) is 25.1 Å². The van der Waals surface area contributed by atoms with E-state index in [0.717, 1.165) is 71.6 Å². The summed E-state index contributed by atoms with van der Waals surface area (Å²) in [5.41, 5.74) is 2.71. The molecule has 2 amide bonds. The SMILES string of the molecule is CCOC(=O)c1c(NC(=O)C(Sc2cccc(NC(=O)/C=C/C(=O)O)c2)c2ccccc2)sc2c1CCCCCC2. The highest BCUT2D eigenvalue weighted by Crippen LogP contribution is 2.41. The zero-order valence-corrected chi connectivity index (χ0v) is 24.3. The number of hydrogen-bond donors (Lipinski definition) is 3. The third-order valence-electron chi connectivity index (χ3n) is 6.46. The molecule has 8 nitrogen and oxygen atoms in total. The van der Waals surface area contributed by atoms with Crippen molar-refractivity contribution in [2.24, 2.45) is 0 Å². The van der Waals surface area contributed by atoms with Gasteiger partial charge in [0.1, 0.15) is 10.3 Å². The molecule has 1 aliphatic carbocycles. The van der Waals surface area contributed by atoms with E-state index < -0.39 is 23.1 Å². The molecule has 3 N–H and O–H groups in total. The minimum atomic E-state index is -1.22. The fraction of sp³-hybridized carbons (Fsp3) is 0.290. The molecular formula is C31H32N2O6S2. The highest BCUT2D eigenvalue weighted by molar-refractivity contribution is 8.00. The molecule has 1 aliphatic rings. The molecular weight excluding hydrogens is 560 g/mol. The molecule has 1 atom stereocenters. The number of rotatable bonds is 10. The summed E-state index contributed by atoms with van der Waals surface area (Å²) in [4.78, 5) is 51.6. The number of thioether (sulfide) groups is 1. The lowest BCUT2D eigenvalue weighted by Gasteiger charge is -2.18. The Bertz CT molecular complexity index is 1430. The quantitative estimate of drug-likeness (QED) is 0.137. The van der Waals surface area contributed by atoms with Crippen molar-refractivity contribution in [1.82, 2.24) is 0 Å². The summed E-state index contributed by atoms with van der Waals surface area (Å²) < 4.78 is 5.40. The molecule has 3 aromatic rings. The lowest BCUT2D eigenvalue weighted by atomic mass is 9.96. The lowest BCUT2D eigenvalue weighted by Crippen LogP contribution is -2.20. The molecule has 0 bridgehead atoms. The maximum atomic E-state index is 13.9. The standard InChI is InChI=1S/C31H32N2O6S2/c1-2-39-31(38)27-23-15-8-3-4-9-16-24(23)41-30(27)33-29(37)28(20-11-6-5-7-12-20)40-22-14-10-13-21(19-22)32-25(34)17-18-26(35)36/h5-7,10-14,17-19,28H,2-4,8-9,15-16H2,1H3,(H,32,34)(H,33,37)(H,35,36)/b18-17+. The van der Waals surface area contributed by atoms with E-state index >= 15 is 0 Å². The summed E-state index contributed by atoms with van der Waals surface area (Å²) in [5, 5.41) is 14.3. The lowest BCUT2D eigenvalue weighted by molar-refractivity contribution is -0.131. The van der Waals surface area contributed by atoms with Crippen LogP contribution in [-0.2, 0) is 32.0 Å². The first-order valence-corrected chi connectivity index (χ1v) is 15.2. The van der Waals surface area contributed by atoms with Gasteiger partial charge in [0.2, 0.25) is 11.8 Å². The summed E-state index contributed by atoms with van der Waals surface area (Å²) >= 11 is 2.77. The average Bonchev–Trinajstić information content (AvgIpc) is 3.26. The smallest absolute Gasteiger partial charge is 0.341 e. The number of amides is 2. The summed E-state index contributed by atoms with van der Waals surface area (Å²) in [7, 11) is 0. The Kier molecular flexibility index (Phi) is 10.8. The third-order valence-corrected chi connectivity index (χ3v) is 8.92. The van der Waals surface area contributed by atoms with Crippen molar-refractivity contribution in [3.05, 3.63) is 88.3 Å². The van der Waals surface area contributed by atoms with Crippen LogP contribution < -0.4 is 10.6 Å². The van der Waals surface area contributed by atoms with Crippen molar-refractivity contribution < 1.29 is 29.0 Å². The van der Waals surface area contributed by atoms with Crippen LogP contribution in [0.1, 0.15) is 64.2 Å². The van der Waals surface area contributed by atoms with Crippen molar-refractivity contribution in [2.45, 2.75) is 55.6 Å². The number of aliphatic carboxylic acids is 1. The molecule has 4 rings (SSSR count). The predicted molar refractivity (Wildman–Crippen MR) is 162 cm³/mol. The van der Waals surface area contributed by atoms with Gasteiger partial charge in [0.05, 0.1) is 12.2 Å². The number of thiophene rings is 1. The highest BCUT2D eigenvalue weighted by atomic mass is 32.2. The van der Waals surface area contributed by atoms with Gasteiger partial charge in [-0.15, -0.1) is 23.1 Å². The Morgan fingerprint density at radius 3 is 2.46 bits per heavy atom. The number of nitrogens with one attached hydrogen (secondary N) is 2. The van der Waals surface area contributed by atoms with E-state index in [2.05, 4.69) is 10.6 Å². The molecule has 1 heterocycles. The van der Waals surface area contributed by atoms with Crippen LogP contribution in [0.15, 0.2) is 71.6 Å². The Labute approximate surface area is 247 Å². The second kappa shape index (κ2) is 14.7. The zero-order valence-electron chi connectivity index (χ0n) is 22.7. The predicted octanol–water partition coefficient (Wildman–Crippen LogP) is 6.64. The van der Waals surface area contributed by atoms with Crippen molar-refractivity contribution in [3.8, 4) is 0 Å². The number of carboxylic acid groups (broad SMARTS) is 1. The van der Waals surface area contributed by atoms with Crippen molar-refractivity contribution >= 4 is 57.5 Å². The number of esters is 1. The fourth-order valence-electron chi connectivity index (χ4n) is 4.62. The molecule has 0 saturated carbocycles. The van der Waals surface area contributed by atoms with Crippen molar-refractivity contribution in [2.75, 3.05) is 17.2 Å². The molecule has 0 saturated heterocycles. The summed E-state index contributed by atoms with van der Waals surface area (Å²) in [6.45, 7) is 2.02. The number of hydrogen-bond acceptors (Lipinski definition) is 7. The van der Waals surface area contributed by atoms with Gasteiger partial charge in [0.25, 0.3) is 0 Å². The third kappa shape index (κ3) is 8.31. The van der Waals surface area contributed by atoms with Gasteiger partial charge in [-0.05, 0) is 61.9 Å². The first-order chi connectivity index (χ1) is 19.9. The Morgan fingerprint density at radius 2 is 1.73 bits per heavy atom. The molecule has 214 valence electrons. The molecule has 41 heavy (non-hydrogen) atoms. The molecule has 0 fully saturated rings. The number of ether oxygens (including phenoxy) is 1. The second-order valence-corrected chi connectivity index (χ2v) is 11.7. The number of fused-ring (bicyclic) bond motifs is 1. The van der Waals surface area contributed by atoms with Crippen LogP contribution >= 0.6 is 23.1 Å². The molecule has 0 aliphatic heterocycles. The van der Waals surface area contributed by atoms with Crippen LogP contribution in [0.5, 0.6) is 0 Å². The number of carboxylic acids is 1. The van der Waals surface area contributed by atoms with Crippen LogP contribution in [0.2, 0.25) is 0 Å². The monoisotopic (exact) mass is 592 g/mol. The molecule has 1 aromatic heterocycles. The molecule has 0 spiro atoms. The van der Waals surface area contributed by atoms with Gasteiger partial charge >= 0.3 is 11.9 Å². The van der Waals surface area contributed by atoms with Crippen LogP contribution in [0, 0.1) is 0 Å². The molecule has 2 aromatic carbocycles. The van der Waals surface area contributed by atoms with Crippen LogP contribution in [0.4, 0.5) is 10.7 Å². The van der Waals surface area contributed by atoms with E-state index in [4.69, 9.17) is 9.84 Å². The Balaban J connectivity index is 1.62. The van der Waals surface area contributed by atoms with E-state index in [9.17, 15) is 19.2 Å². The van der Waals surface area contributed by atoms with Crippen LogP contribution in [0.3, 0.4) is 0 Å². The van der Waals surface area contributed by atoms with Crippen LogP contribution in [-0.4, -0.2) is 35.5 Å². The molecule has 1 unspecified atom stereocenters. The number of aryl methyl sites for hydroxylation is 1. The fourth-order valence-corrected chi connectivity index (χ4v) is 6.98. The Morgan fingerprint density at radius 1 is 0.976 bits per heavy atom. The van der Waals surface area contributed by atoms with E-state index in [1.807, 2.05) is 36.4 Å². The molecule has 0 radical (unpaired) electrons. The van der Waals surface area contributed by atoms with Gasteiger partial charge in [-0.3, -0.25) is 9.59 Å². The van der Waals surface area contributed by atoms with Crippen LogP contribution in [0.25, 0.3) is 0 Å². The van der Waals surface area contributed by atoms with Gasteiger partial charge in [-0.2, -0.15) is 0 Å². The van der Waals surface area contributed by atoms with Gasteiger partial charge in [0, 0.05) is 27.6 Å². The first-order valence-electron chi connectivity index (χ1n) is 13.5. The zero-order chi connectivity index (χ0) is 29.2. The summed E-state index contributed by atoms with van der Waals surface area (Å²) in [6.07, 6.45) is 7.66. The Hall–Kier alpha value is -3.89. The maximum Gasteiger partial charge on any atom is 0.341 e. The number of benzene rings is 2. The maximum absolute atomic E-state index is 13.9. The van der Waals surface area contributed by atoms with Gasteiger partial charge in [0.15, 0.2) is 0 Å². The number of anilines is 2. The summed E-state index contributed by atoms with van der Waals surface area (Å²) in [5.74, 6) is -2.48. The van der Waals surface area contributed by atoms with Crippen molar-refractivity contribution in [3.63, 3.8) is 0 Å². The van der Waals surface area contributed by atoms with E-state index in [1.165, 1.54) is 23.1 Å². The average molecular weight is 593 g/mol. The second-order valence-electron chi connectivity index (χ2n) is 9.43. The number of carbonyl (C=O) groups excluding carboxylic acids is 3. The first kappa shape index (κ1) is 30.1. The largest absolute Gasteiger partial charge is 0.478 e. The number of carbonyl (C=O) groups is 4. The van der Waals surface area contributed by atoms with Gasteiger partial charge in [-0.25, -0.2) is 9.59 Å². The highest BCUT2D eigenvalue weighted by Gasteiger charge is 2.29. The van der Waals surface area contributed by atoms with Gasteiger partial charge < -0.3 is 20.5 Å². The summed E-state index contributed by atoms with van der Waals surface area (Å²) in [6, 6.07) is 16.3. The molecule has 10 heteroatoms. The van der Waals surface area contributed by atoms with E-state index in [0.29, 0.717) is 16.3 Å².